The van der Waals surface area contributed by atoms with E-state index in [2.05, 4.69) is 4.98 Å². The van der Waals surface area contributed by atoms with Crippen LogP contribution in [-0.4, -0.2) is 82.9 Å². The summed E-state index contributed by atoms with van der Waals surface area (Å²) in [6.07, 6.45) is -4.02. The second-order valence-corrected chi connectivity index (χ2v) is 9.89. The lowest BCUT2D eigenvalue weighted by Gasteiger charge is -2.47. The minimum atomic E-state index is -1.29. The first-order chi connectivity index (χ1) is 19.0. The summed E-state index contributed by atoms with van der Waals surface area (Å²) in [5, 5.41) is 22.1. The summed E-state index contributed by atoms with van der Waals surface area (Å²) < 4.78 is 27.8. The third-order valence-electron chi connectivity index (χ3n) is 6.92. The molecule has 12 heteroatoms. The zero-order chi connectivity index (χ0) is 29.3. The number of aryl methyl sites for hydroxylation is 2. The van der Waals surface area contributed by atoms with Crippen molar-refractivity contribution in [3.8, 4) is 11.5 Å². The van der Waals surface area contributed by atoms with Crippen molar-refractivity contribution in [3.05, 3.63) is 57.2 Å². The molecule has 0 aliphatic carbocycles. The number of hydrogen-bond acceptors (Lipinski definition) is 11. The average Bonchev–Trinajstić information content (AvgIpc) is 3.34. The molecule has 3 aromatic rings. The van der Waals surface area contributed by atoms with Crippen LogP contribution in [0.4, 0.5) is 0 Å². The number of nitrogens with zero attached hydrogens (tertiary/aromatic N) is 1. The second kappa shape index (κ2) is 11.7. The summed E-state index contributed by atoms with van der Waals surface area (Å²) in [5.74, 6) is -1.94. The molecule has 4 rings (SSSR count). The summed E-state index contributed by atoms with van der Waals surface area (Å²) in [7, 11) is 1.47. The summed E-state index contributed by atoms with van der Waals surface area (Å²) in [4.78, 5) is 42.4. The maximum atomic E-state index is 12.9. The molecule has 216 valence electrons. The van der Waals surface area contributed by atoms with Crippen molar-refractivity contribution in [2.24, 2.45) is 0 Å². The lowest BCUT2D eigenvalue weighted by Crippen LogP contribution is -2.65. The maximum Gasteiger partial charge on any atom is 0.355 e. The first-order valence-electron chi connectivity index (χ1n) is 12.9. The fraction of sp³-hybridized carbons (Fsp3) is 0.464. The number of rotatable bonds is 8. The fourth-order valence-electron chi connectivity index (χ4n) is 4.85. The number of benzene rings is 1. The number of hydrogen-bond donors (Lipinski definition) is 3. The Kier molecular flexibility index (Phi) is 8.52. The number of H-pyrrole nitrogens is 1. The Morgan fingerprint density at radius 1 is 1.18 bits per heavy atom. The van der Waals surface area contributed by atoms with Crippen LogP contribution in [0.15, 0.2) is 33.5 Å². The number of aliphatic hydroxyl groups excluding tert-OH is 1. The van der Waals surface area contributed by atoms with Gasteiger partial charge in [-0.15, -0.1) is 0 Å². The quantitative estimate of drug-likeness (QED) is 0.275. The number of aromatic hydroxyl groups is 1. The van der Waals surface area contributed by atoms with Crippen LogP contribution in [0.25, 0.3) is 11.0 Å². The van der Waals surface area contributed by atoms with Crippen LogP contribution in [0.5, 0.6) is 11.5 Å². The molecule has 1 fully saturated rings. The predicted octanol–water partition coefficient (Wildman–Crippen LogP) is 2.65. The van der Waals surface area contributed by atoms with Crippen LogP contribution >= 0.6 is 0 Å². The number of carbonyl (C=O) groups is 2. The molecule has 0 amide bonds. The van der Waals surface area contributed by atoms with Crippen molar-refractivity contribution in [1.29, 1.82) is 0 Å². The number of nitrogens with one attached hydrogen (secondary N) is 1. The highest BCUT2D eigenvalue weighted by molar-refractivity contribution is 5.99. The number of esters is 2. The molecular weight excluding hydrogens is 524 g/mol. The Balaban J connectivity index is 1.67. The molecule has 0 unspecified atom stereocenters. The minimum absolute atomic E-state index is 0.0129. The van der Waals surface area contributed by atoms with Gasteiger partial charge in [0, 0.05) is 31.0 Å². The number of aromatic amines is 1. The van der Waals surface area contributed by atoms with Gasteiger partial charge in [-0.3, -0.25) is 4.90 Å². The van der Waals surface area contributed by atoms with Gasteiger partial charge in [-0.25, -0.2) is 14.4 Å². The van der Waals surface area contributed by atoms with Crippen molar-refractivity contribution in [3.63, 3.8) is 0 Å². The van der Waals surface area contributed by atoms with E-state index >= 15 is 0 Å². The first kappa shape index (κ1) is 29.1. The van der Waals surface area contributed by atoms with E-state index in [4.69, 9.17) is 23.4 Å². The van der Waals surface area contributed by atoms with E-state index < -0.39 is 53.4 Å². The number of aromatic nitrogens is 1. The third-order valence-corrected chi connectivity index (χ3v) is 6.92. The highest BCUT2D eigenvalue weighted by Gasteiger charge is 2.48. The number of likely N-dealkylation sites (tertiary alicyclic amines) is 1. The van der Waals surface area contributed by atoms with Gasteiger partial charge in [0.25, 0.3) is 0 Å². The largest absolute Gasteiger partial charge is 0.506 e. The first-order valence-corrected chi connectivity index (χ1v) is 12.9. The van der Waals surface area contributed by atoms with Gasteiger partial charge in [0.2, 0.25) is 0 Å². The van der Waals surface area contributed by atoms with Gasteiger partial charge >= 0.3 is 17.6 Å². The molecule has 0 spiro atoms. The SMILES string of the molecule is CCOC(=O)c1c(O)c2ccc(O[C@@H]3CN(C(C)C)[C@H](OC)[C@@H](OC(=O)c4ccc(C)[nH]4)[C@H]3O)c(C)c2oc1=O. The number of methoxy groups -OCH3 is 1. The average molecular weight is 559 g/mol. The number of carbonyl (C=O) groups excluding carboxylic acids is 2. The van der Waals surface area contributed by atoms with Crippen molar-refractivity contribution in [2.75, 3.05) is 20.3 Å². The van der Waals surface area contributed by atoms with Crippen molar-refractivity contribution >= 4 is 22.9 Å². The number of ether oxygens (including phenoxy) is 4. The summed E-state index contributed by atoms with van der Waals surface area (Å²) >= 11 is 0. The third kappa shape index (κ3) is 5.42. The molecule has 3 N–H and O–H groups in total. The van der Waals surface area contributed by atoms with E-state index in [0.29, 0.717) is 5.56 Å². The molecule has 12 nitrogen and oxygen atoms in total. The maximum absolute atomic E-state index is 12.9. The smallest absolute Gasteiger partial charge is 0.355 e. The van der Waals surface area contributed by atoms with E-state index in [1.807, 2.05) is 18.7 Å². The van der Waals surface area contributed by atoms with Crippen LogP contribution in [0.2, 0.25) is 0 Å². The van der Waals surface area contributed by atoms with E-state index in [1.54, 1.807) is 32.9 Å². The Morgan fingerprint density at radius 3 is 2.50 bits per heavy atom. The Bertz CT molecular complexity index is 1460. The lowest BCUT2D eigenvalue weighted by atomic mass is 9.97. The Labute approximate surface area is 230 Å². The molecule has 1 aliphatic rings. The van der Waals surface area contributed by atoms with Crippen molar-refractivity contribution < 1.29 is 43.2 Å². The monoisotopic (exact) mass is 558 g/mol. The van der Waals surface area contributed by atoms with Gasteiger partial charge in [0.1, 0.15) is 35.0 Å². The summed E-state index contributed by atoms with van der Waals surface area (Å²) in [6.45, 7) is 9.11. The van der Waals surface area contributed by atoms with Crippen LogP contribution in [0.3, 0.4) is 0 Å². The second-order valence-electron chi connectivity index (χ2n) is 9.89. The molecule has 1 aromatic carbocycles. The van der Waals surface area contributed by atoms with Gasteiger partial charge in [0.15, 0.2) is 17.9 Å². The molecule has 4 atom stereocenters. The van der Waals surface area contributed by atoms with E-state index in [0.717, 1.165) is 5.69 Å². The van der Waals surface area contributed by atoms with E-state index in [1.165, 1.54) is 19.2 Å². The van der Waals surface area contributed by atoms with Crippen LogP contribution in [0, 0.1) is 13.8 Å². The molecular formula is C28H34N2O10. The standard InChI is InChI=1S/C28H34N2O10/c1-7-37-27(34)20-21(31)16-9-11-18(15(5)23(16)39-28(20)35)38-19-12-30(13(2)3)25(36-6)24(22(19)32)40-26(33)17-10-8-14(4)29-17/h8-11,13,19,22,24-25,29,31-32H,7,12H2,1-6H3/t19-,22+,24+,25-/m1/s1. The normalized spacial score (nSPS) is 21.5. The molecule has 0 bridgehead atoms. The van der Waals surface area contributed by atoms with Crippen molar-refractivity contribution in [2.45, 2.75) is 65.2 Å². The molecule has 3 heterocycles. The highest BCUT2D eigenvalue weighted by atomic mass is 16.6. The van der Waals surface area contributed by atoms with Gasteiger partial charge in [-0.1, -0.05) is 0 Å². The Morgan fingerprint density at radius 2 is 1.90 bits per heavy atom. The number of fused-ring (bicyclic) bond motifs is 1. The zero-order valence-corrected chi connectivity index (χ0v) is 23.2. The van der Waals surface area contributed by atoms with Gasteiger partial charge in [0.05, 0.1) is 12.0 Å². The molecule has 0 saturated carbocycles. The highest BCUT2D eigenvalue weighted by Crippen LogP contribution is 2.35. The molecule has 2 aromatic heterocycles. The predicted molar refractivity (Wildman–Crippen MR) is 143 cm³/mol. The van der Waals surface area contributed by atoms with Crippen LogP contribution in [-0.2, 0) is 14.2 Å². The van der Waals surface area contributed by atoms with Gasteiger partial charge in [-0.2, -0.15) is 0 Å². The summed E-state index contributed by atoms with van der Waals surface area (Å²) in [5.41, 5.74) is -0.261. The van der Waals surface area contributed by atoms with E-state index in [-0.39, 0.29) is 41.6 Å². The van der Waals surface area contributed by atoms with Crippen LogP contribution in [0.1, 0.15) is 52.9 Å². The topological polar surface area (TPSA) is 161 Å². The minimum Gasteiger partial charge on any atom is -0.506 e. The summed E-state index contributed by atoms with van der Waals surface area (Å²) in [6, 6.07) is 6.24. The number of aliphatic hydroxyl groups is 1. The molecule has 0 radical (unpaired) electrons. The molecule has 40 heavy (non-hydrogen) atoms. The number of piperidine rings is 1. The lowest BCUT2D eigenvalue weighted by molar-refractivity contribution is -0.207. The van der Waals surface area contributed by atoms with Gasteiger partial charge < -0.3 is 38.6 Å². The van der Waals surface area contributed by atoms with Crippen LogP contribution < -0.4 is 10.4 Å². The van der Waals surface area contributed by atoms with Gasteiger partial charge in [-0.05, 0) is 58.9 Å². The van der Waals surface area contributed by atoms with Crippen molar-refractivity contribution in [1.82, 2.24) is 9.88 Å². The zero-order valence-electron chi connectivity index (χ0n) is 23.2. The molecule has 1 aliphatic heterocycles. The Hall–Kier alpha value is -3.87. The molecule has 1 saturated heterocycles. The fourth-order valence-corrected chi connectivity index (χ4v) is 4.85. The van der Waals surface area contributed by atoms with E-state index in [9.17, 15) is 24.6 Å².